The number of hydrogen-bond acceptors (Lipinski definition) is 3. The van der Waals surface area contributed by atoms with E-state index < -0.39 is 11.9 Å². The van der Waals surface area contributed by atoms with Crippen LogP contribution in [0.5, 0.6) is 0 Å². The third-order valence-corrected chi connectivity index (χ3v) is 1.93. The van der Waals surface area contributed by atoms with Gasteiger partial charge in [-0.2, -0.15) is 4.39 Å². The highest BCUT2D eigenvalue weighted by Gasteiger charge is 2.08. The minimum absolute atomic E-state index is 0.0331. The molecule has 2 heterocycles. The Morgan fingerprint density at radius 1 is 1.20 bits per heavy atom. The summed E-state index contributed by atoms with van der Waals surface area (Å²) < 4.78 is 26.0. The van der Waals surface area contributed by atoms with Crippen LogP contribution in [-0.2, 0) is 0 Å². The second-order valence-corrected chi connectivity index (χ2v) is 3.09. The Bertz CT molecular complexity index is 504. The molecule has 3 nitrogen and oxygen atoms in total. The van der Waals surface area contributed by atoms with Gasteiger partial charge in [0.15, 0.2) is 0 Å². The molecule has 0 N–H and O–H groups in total. The maximum Gasteiger partial charge on any atom is 0.309 e. The van der Waals surface area contributed by atoms with E-state index >= 15 is 0 Å². The van der Waals surface area contributed by atoms with Crippen molar-refractivity contribution in [3.05, 3.63) is 41.6 Å². The molecule has 0 saturated heterocycles. The van der Waals surface area contributed by atoms with Crippen LogP contribution in [-0.4, -0.2) is 15.0 Å². The van der Waals surface area contributed by atoms with Gasteiger partial charge in [0.1, 0.15) is 11.0 Å². The van der Waals surface area contributed by atoms with Crippen molar-refractivity contribution in [2.24, 2.45) is 0 Å². The summed E-state index contributed by atoms with van der Waals surface area (Å²) in [6, 6.07) is 2.42. The van der Waals surface area contributed by atoms with E-state index in [2.05, 4.69) is 15.0 Å². The van der Waals surface area contributed by atoms with Crippen molar-refractivity contribution in [2.45, 2.75) is 0 Å². The van der Waals surface area contributed by atoms with Crippen LogP contribution in [0.1, 0.15) is 0 Å². The molecule has 0 amide bonds. The molecule has 0 radical (unpaired) electrons. The minimum atomic E-state index is -0.915. The van der Waals surface area contributed by atoms with Gasteiger partial charge in [-0.1, -0.05) is 11.6 Å². The van der Waals surface area contributed by atoms with Gasteiger partial charge in [0.2, 0.25) is 0 Å². The summed E-state index contributed by atoms with van der Waals surface area (Å²) in [7, 11) is 0. The average Bonchev–Trinajstić information content (AvgIpc) is 2.17. The largest absolute Gasteiger partial charge is 0.309 e. The zero-order valence-electron chi connectivity index (χ0n) is 7.28. The maximum atomic E-state index is 13.4. The van der Waals surface area contributed by atoms with Crippen molar-refractivity contribution in [2.75, 3.05) is 0 Å². The number of halogens is 3. The molecule has 2 aromatic heterocycles. The first kappa shape index (κ1) is 9.92. The first-order valence-electron chi connectivity index (χ1n) is 3.97. The Kier molecular flexibility index (Phi) is 2.55. The lowest BCUT2D eigenvalue weighted by atomic mass is 10.2. The third kappa shape index (κ3) is 2.07. The number of nitrogens with zero attached hydrogens (tertiary/aromatic N) is 3. The average molecular weight is 228 g/mol. The minimum Gasteiger partial charge on any atom is -0.244 e. The van der Waals surface area contributed by atoms with Crippen LogP contribution in [0.4, 0.5) is 8.78 Å². The zero-order chi connectivity index (χ0) is 10.8. The Labute approximate surface area is 88.8 Å². The first-order chi connectivity index (χ1) is 7.16. The molecule has 76 valence electrons. The van der Waals surface area contributed by atoms with E-state index in [9.17, 15) is 8.78 Å². The molecule has 15 heavy (non-hydrogen) atoms. The Morgan fingerprint density at radius 2 is 2.00 bits per heavy atom. The lowest BCUT2D eigenvalue weighted by molar-refractivity contribution is 0.539. The Hall–Kier alpha value is -1.62. The highest BCUT2D eigenvalue weighted by molar-refractivity contribution is 6.29. The molecule has 2 aromatic rings. The summed E-state index contributed by atoms with van der Waals surface area (Å²) in [6.07, 6.45) is 1.48. The molecular weight excluding hydrogens is 224 g/mol. The highest BCUT2D eigenvalue weighted by atomic mass is 35.5. The van der Waals surface area contributed by atoms with Gasteiger partial charge < -0.3 is 0 Å². The van der Waals surface area contributed by atoms with Crippen molar-refractivity contribution in [1.29, 1.82) is 0 Å². The van der Waals surface area contributed by atoms with Crippen molar-refractivity contribution >= 4 is 11.6 Å². The smallest absolute Gasteiger partial charge is 0.244 e. The SMILES string of the molecule is Fc1nccc(-c2cnc(Cl)cc2F)n1. The van der Waals surface area contributed by atoms with E-state index in [-0.39, 0.29) is 16.4 Å². The number of rotatable bonds is 1. The standard InChI is InChI=1S/C9H4ClF2N3/c10-8-3-6(11)5(4-14-8)7-1-2-13-9(12)15-7/h1-4H. The normalized spacial score (nSPS) is 10.3. The van der Waals surface area contributed by atoms with E-state index in [1.54, 1.807) is 0 Å². The van der Waals surface area contributed by atoms with Gasteiger partial charge in [0.25, 0.3) is 0 Å². The van der Waals surface area contributed by atoms with E-state index in [4.69, 9.17) is 11.6 Å². The van der Waals surface area contributed by atoms with Crippen molar-refractivity contribution < 1.29 is 8.78 Å². The number of aromatic nitrogens is 3. The van der Waals surface area contributed by atoms with E-state index in [0.717, 1.165) is 6.07 Å². The van der Waals surface area contributed by atoms with Crippen LogP contribution in [0.2, 0.25) is 5.15 Å². The monoisotopic (exact) mass is 227 g/mol. The summed E-state index contributed by atoms with van der Waals surface area (Å²) in [5, 5.41) is 0.0331. The zero-order valence-corrected chi connectivity index (χ0v) is 8.04. The summed E-state index contributed by atoms with van der Waals surface area (Å²) >= 11 is 5.48. The second-order valence-electron chi connectivity index (χ2n) is 2.70. The maximum absolute atomic E-state index is 13.4. The van der Waals surface area contributed by atoms with Gasteiger partial charge >= 0.3 is 6.08 Å². The van der Waals surface area contributed by atoms with Gasteiger partial charge in [-0.3, -0.25) is 0 Å². The molecule has 0 atom stereocenters. The van der Waals surface area contributed by atoms with Gasteiger partial charge in [-0.15, -0.1) is 0 Å². The Balaban J connectivity index is 2.54. The molecule has 0 aromatic carbocycles. The summed E-state index contributed by atoms with van der Waals surface area (Å²) in [6.45, 7) is 0. The molecule has 0 fully saturated rings. The van der Waals surface area contributed by atoms with Gasteiger partial charge in [-0.05, 0) is 6.07 Å². The van der Waals surface area contributed by atoms with Crippen molar-refractivity contribution in [1.82, 2.24) is 15.0 Å². The summed E-state index contributed by atoms with van der Waals surface area (Å²) in [5.41, 5.74) is 0.213. The molecule has 0 aliphatic carbocycles. The predicted molar refractivity (Wildman–Crippen MR) is 50.2 cm³/mol. The van der Waals surface area contributed by atoms with E-state index in [1.165, 1.54) is 18.5 Å². The van der Waals surface area contributed by atoms with Crippen molar-refractivity contribution in [3.63, 3.8) is 0 Å². The molecule has 0 saturated carbocycles. The second kappa shape index (κ2) is 3.86. The molecule has 6 heteroatoms. The van der Waals surface area contributed by atoms with Crippen LogP contribution >= 0.6 is 11.6 Å². The molecule has 0 aliphatic heterocycles. The summed E-state index contributed by atoms with van der Waals surface area (Å²) in [5.74, 6) is -0.604. The number of pyridine rings is 1. The number of hydrogen-bond donors (Lipinski definition) is 0. The van der Waals surface area contributed by atoms with Crippen LogP contribution in [0, 0.1) is 11.9 Å². The highest BCUT2D eigenvalue weighted by Crippen LogP contribution is 2.21. The fourth-order valence-corrected chi connectivity index (χ4v) is 1.23. The van der Waals surface area contributed by atoms with Crippen LogP contribution < -0.4 is 0 Å². The third-order valence-electron chi connectivity index (χ3n) is 1.72. The quantitative estimate of drug-likeness (QED) is 0.555. The molecular formula is C9H4ClF2N3. The molecule has 0 aliphatic rings. The molecule has 0 unspecified atom stereocenters. The van der Waals surface area contributed by atoms with Gasteiger partial charge in [0.05, 0.1) is 11.3 Å². The van der Waals surface area contributed by atoms with Gasteiger partial charge in [0, 0.05) is 18.5 Å². The molecule has 2 rings (SSSR count). The topological polar surface area (TPSA) is 38.7 Å². The van der Waals surface area contributed by atoms with E-state index in [1.807, 2.05) is 0 Å². The fourth-order valence-electron chi connectivity index (χ4n) is 1.08. The van der Waals surface area contributed by atoms with Gasteiger partial charge in [-0.25, -0.2) is 19.3 Å². The van der Waals surface area contributed by atoms with Crippen LogP contribution in [0.3, 0.4) is 0 Å². The van der Waals surface area contributed by atoms with E-state index in [0.29, 0.717) is 0 Å². The molecule has 0 spiro atoms. The molecule has 0 bridgehead atoms. The van der Waals surface area contributed by atoms with Crippen molar-refractivity contribution in [3.8, 4) is 11.3 Å². The predicted octanol–water partition coefficient (Wildman–Crippen LogP) is 2.47. The summed E-state index contributed by atoms with van der Waals surface area (Å²) in [4.78, 5) is 10.4. The fraction of sp³-hybridized carbons (Fsp3) is 0. The lowest BCUT2D eigenvalue weighted by Gasteiger charge is -2.01. The lowest BCUT2D eigenvalue weighted by Crippen LogP contribution is -1.94. The van der Waals surface area contributed by atoms with Crippen LogP contribution in [0.25, 0.3) is 11.3 Å². The first-order valence-corrected chi connectivity index (χ1v) is 4.34. The van der Waals surface area contributed by atoms with Crippen LogP contribution in [0.15, 0.2) is 24.5 Å². The Morgan fingerprint density at radius 3 is 2.67 bits per heavy atom.